The van der Waals surface area contributed by atoms with E-state index in [2.05, 4.69) is 10.6 Å². The minimum Gasteiger partial charge on any atom is -0.354 e. The van der Waals surface area contributed by atoms with Crippen LogP contribution in [-0.4, -0.2) is 30.9 Å². The van der Waals surface area contributed by atoms with E-state index in [1.807, 2.05) is 5.38 Å². The Bertz CT molecular complexity index is 365. The van der Waals surface area contributed by atoms with Crippen LogP contribution >= 0.6 is 11.3 Å². The molecule has 94 valence electrons. The summed E-state index contributed by atoms with van der Waals surface area (Å²) in [7, 11) is 0. The SMILES string of the molecule is CC(NC(=O)c1cccs1)C(=O)NCCCN. The van der Waals surface area contributed by atoms with Crippen LogP contribution in [-0.2, 0) is 4.79 Å². The summed E-state index contributed by atoms with van der Waals surface area (Å²) in [6, 6.07) is 2.98. The van der Waals surface area contributed by atoms with Gasteiger partial charge in [-0.1, -0.05) is 6.07 Å². The third-order valence-corrected chi connectivity index (χ3v) is 3.03. The van der Waals surface area contributed by atoms with Crippen molar-refractivity contribution in [3.05, 3.63) is 22.4 Å². The van der Waals surface area contributed by atoms with E-state index >= 15 is 0 Å². The van der Waals surface area contributed by atoms with Crippen LogP contribution in [0.15, 0.2) is 17.5 Å². The van der Waals surface area contributed by atoms with Crippen molar-refractivity contribution < 1.29 is 9.59 Å². The summed E-state index contributed by atoms with van der Waals surface area (Å²) in [5.41, 5.74) is 5.32. The largest absolute Gasteiger partial charge is 0.354 e. The van der Waals surface area contributed by atoms with E-state index in [4.69, 9.17) is 5.73 Å². The number of amides is 2. The number of hydrogen-bond donors (Lipinski definition) is 3. The number of hydrogen-bond acceptors (Lipinski definition) is 4. The Hall–Kier alpha value is -1.40. The van der Waals surface area contributed by atoms with Gasteiger partial charge in [-0.15, -0.1) is 11.3 Å². The lowest BCUT2D eigenvalue weighted by molar-refractivity contribution is -0.122. The van der Waals surface area contributed by atoms with E-state index < -0.39 is 6.04 Å². The molecule has 1 heterocycles. The summed E-state index contributed by atoms with van der Waals surface area (Å²) >= 11 is 1.35. The lowest BCUT2D eigenvalue weighted by Gasteiger charge is -2.13. The molecule has 0 aliphatic carbocycles. The molecular formula is C11H17N3O2S. The fraction of sp³-hybridized carbons (Fsp3) is 0.455. The smallest absolute Gasteiger partial charge is 0.261 e. The van der Waals surface area contributed by atoms with Crippen molar-refractivity contribution >= 4 is 23.2 Å². The number of thiophene rings is 1. The van der Waals surface area contributed by atoms with Gasteiger partial charge in [0.2, 0.25) is 5.91 Å². The second kappa shape index (κ2) is 7.03. The third kappa shape index (κ3) is 4.54. The lowest BCUT2D eigenvalue weighted by atomic mass is 10.3. The van der Waals surface area contributed by atoms with Crippen molar-refractivity contribution in [1.29, 1.82) is 0 Å². The molecule has 1 atom stereocenters. The van der Waals surface area contributed by atoms with Crippen molar-refractivity contribution in [2.75, 3.05) is 13.1 Å². The number of nitrogens with two attached hydrogens (primary N) is 1. The first-order chi connectivity index (χ1) is 8.15. The van der Waals surface area contributed by atoms with Crippen molar-refractivity contribution in [3.8, 4) is 0 Å². The molecule has 2 amide bonds. The Balaban J connectivity index is 2.35. The van der Waals surface area contributed by atoms with Crippen LogP contribution in [0.4, 0.5) is 0 Å². The van der Waals surface area contributed by atoms with Crippen molar-refractivity contribution in [2.45, 2.75) is 19.4 Å². The molecule has 0 saturated heterocycles. The molecule has 0 radical (unpaired) electrons. The quantitative estimate of drug-likeness (QED) is 0.641. The van der Waals surface area contributed by atoms with Gasteiger partial charge in [-0.25, -0.2) is 0 Å². The average molecular weight is 255 g/mol. The predicted molar refractivity (Wildman–Crippen MR) is 67.9 cm³/mol. The molecule has 17 heavy (non-hydrogen) atoms. The maximum atomic E-state index is 11.6. The first-order valence-corrected chi connectivity index (χ1v) is 6.35. The first-order valence-electron chi connectivity index (χ1n) is 5.47. The number of rotatable bonds is 6. The van der Waals surface area contributed by atoms with Gasteiger partial charge in [-0.3, -0.25) is 9.59 Å². The molecule has 1 rings (SSSR count). The molecule has 1 aromatic heterocycles. The maximum absolute atomic E-state index is 11.6. The van der Waals surface area contributed by atoms with E-state index in [1.165, 1.54) is 11.3 Å². The van der Waals surface area contributed by atoms with Crippen LogP contribution in [0.25, 0.3) is 0 Å². The molecule has 4 N–H and O–H groups in total. The average Bonchev–Trinajstić information content (AvgIpc) is 2.82. The molecule has 0 fully saturated rings. The van der Waals surface area contributed by atoms with E-state index in [9.17, 15) is 9.59 Å². The summed E-state index contributed by atoms with van der Waals surface area (Å²) in [6.07, 6.45) is 0.733. The van der Waals surface area contributed by atoms with Crippen LogP contribution in [0, 0.1) is 0 Å². The zero-order valence-electron chi connectivity index (χ0n) is 9.73. The van der Waals surface area contributed by atoms with E-state index in [0.29, 0.717) is 18.0 Å². The molecule has 0 aromatic carbocycles. The molecule has 1 aromatic rings. The summed E-state index contributed by atoms with van der Waals surface area (Å²) in [6.45, 7) is 2.73. The van der Waals surface area contributed by atoms with E-state index in [1.54, 1.807) is 19.1 Å². The normalized spacial score (nSPS) is 11.9. The standard InChI is InChI=1S/C11H17N3O2S/c1-8(10(15)13-6-3-5-12)14-11(16)9-4-2-7-17-9/h2,4,7-8H,3,5-6,12H2,1H3,(H,13,15)(H,14,16). The van der Waals surface area contributed by atoms with E-state index in [-0.39, 0.29) is 11.8 Å². The second-order valence-corrected chi connectivity index (χ2v) is 4.55. The summed E-state index contributed by atoms with van der Waals surface area (Å²) in [5, 5.41) is 7.16. The summed E-state index contributed by atoms with van der Waals surface area (Å²) < 4.78 is 0. The van der Waals surface area contributed by atoms with Gasteiger partial charge in [0.25, 0.3) is 5.91 Å². The lowest BCUT2D eigenvalue weighted by Crippen LogP contribution is -2.45. The van der Waals surface area contributed by atoms with Crippen LogP contribution in [0.3, 0.4) is 0 Å². The maximum Gasteiger partial charge on any atom is 0.261 e. The monoisotopic (exact) mass is 255 g/mol. The minimum absolute atomic E-state index is 0.191. The fourth-order valence-corrected chi connectivity index (χ4v) is 1.83. The minimum atomic E-state index is -0.539. The molecule has 0 bridgehead atoms. The topological polar surface area (TPSA) is 84.2 Å². The summed E-state index contributed by atoms with van der Waals surface area (Å²) in [4.78, 5) is 23.8. The summed E-state index contributed by atoms with van der Waals surface area (Å²) in [5.74, 6) is -0.412. The molecule has 0 aliphatic heterocycles. The highest BCUT2D eigenvalue weighted by Crippen LogP contribution is 2.07. The molecule has 1 unspecified atom stereocenters. The third-order valence-electron chi connectivity index (χ3n) is 2.17. The van der Waals surface area contributed by atoms with Gasteiger partial charge < -0.3 is 16.4 Å². The molecule has 6 heteroatoms. The highest BCUT2D eigenvalue weighted by Gasteiger charge is 2.16. The number of nitrogens with one attached hydrogen (secondary N) is 2. The Morgan fingerprint density at radius 3 is 2.88 bits per heavy atom. The Morgan fingerprint density at radius 2 is 2.29 bits per heavy atom. The highest BCUT2D eigenvalue weighted by atomic mass is 32.1. The number of carbonyl (C=O) groups is 2. The van der Waals surface area contributed by atoms with Crippen LogP contribution in [0.1, 0.15) is 23.0 Å². The second-order valence-electron chi connectivity index (χ2n) is 3.61. The van der Waals surface area contributed by atoms with Gasteiger partial charge in [-0.05, 0) is 31.3 Å². The first kappa shape index (κ1) is 13.7. The van der Waals surface area contributed by atoms with Gasteiger partial charge in [0.15, 0.2) is 0 Å². The molecule has 5 nitrogen and oxygen atoms in total. The van der Waals surface area contributed by atoms with Crippen LogP contribution in [0.5, 0.6) is 0 Å². The molecular weight excluding hydrogens is 238 g/mol. The van der Waals surface area contributed by atoms with Crippen LogP contribution in [0.2, 0.25) is 0 Å². The van der Waals surface area contributed by atoms with Gasteiger partial charge in [0.05, 0.1) is 4.88 Å². The van der Waals surface area contributed by atoms with Gasteiger partial charge >= 0.3 is 0 Å². The molecule has 0 spiro atoms. The Labute approximate surface area is 104 Å². The van der Waals surface area contributed by atoms with Gasteiger partial charge in [0, 0.05) is 6.54 Å². The van der Waals surface area contributed by atoms with Gasteiger partial charge in [0.1, 0.15) is 6.04 Å². The Morgan fingerprint density at radius 1 is 1.53 bits per heavy atom. The zero-order chi connectivity index (χ0) is 12.7. The van der Waals surface area contributed by atoms with E-state index in [0.717, 1.165) is 6.42 Å². The van der Waals surface area contributed by atoms with Crippen molar-refractivity contribution in [1.82, 2.24) is 10.6 Å². The highest BCUT2D eigenvalue weighted by molar-refractivity contribution is 7.12. The predicted octanol–water partition coefficient (Wildman–Crippen LogP) is 0.331. The number of carbonyl (C=O) groups excluding carboxylic acids is 2. The van der Waals surface area contributed by atoms with Crippen molar-refractivity contribution in [3.63, 3.8) is 0 Å². The Kier molecular flexibility index (Phi) is 5.65. The molecule has 0 aliphatic rings. The zero-order valence-corrected chi connectivity index (χ0v) is 10.5. The fourth-order valence-electron chi connectivity index (χ4n) is 1.21. The van der Waals surface area contributed by atoms with Crippen LogP contribution < -0.4 is 16.4 Å². The van der Waals surface area contributed by atoms with Crippen molar-refractivity contribution in [2.24, 2.45) is 5.73 Å². The molecule has 0 saturated carbocycles. The van der Waals surface area contributed by atoms with Gasteiger partial charge in [-0.2, -0.15) is 0 Å².